The van der Waals surface area contributed by atoms with E-state index >= 15 is 0 Å². The van der Waals surface area contributed by atoms with E-state index in [1.807, 2.05) is 0 Å². The molecule has 0 aliphatic heterocycles. The highest BCUT2D eigenvalue weighted by Crippen LogP contribution is 2.26. The molecule has 9 heavy (non-hydrogen) atoms. The molecule has 1 aliphatic carbocycles. The monoisotopic (exact) mass is 125 g/mol. The van der Waals surface area contributed by atoms with E-state index in [0.29, 0.717) is 6.10 Å². The predicted octanol–water partition coefficient (Wildman–Crippen LogP) is 1.33. The van der Waals surface area contributed by atoms with Gasteiger partial charge in [0.25, 0.3) is 0 Å². The minimum atomic E-state index is 0.259. The Morgan fingerprint density at radius 3 is 2.67 bits per heavy atom. The number of nitriles is 1. The summed E-state index contributed by atoms with van der Waals surface area (Å²) in [6.45, 7) is 0. The van der Waals surface area contributed by atoms with Crippen LogP contribution in [0, 0.1) is 17.2 Å². The van der Waals surface area contributed by atoms with Gasteiger partial charge in [0.1, 0.15) is 0 Å². The predicted molar refractivity (Wildman–Crippen MR) is 33.8 cm³/mol. The lowest BCUT2D eigenvalue weighted by molar-refractivity contribution is 0.107. The molecule has 0 radical (unpaired) electrons. The summed E-state index contributed by atoms with van der Waals surface area (Å²) in [5.41, 5.74) is 0. The van der Waals surface area contributed by atoms with Crippen molar-refractivity contribution >= 4 is 0 Å². The first-order valence-corrected chi connectivity index (χ1v) is 3.29. The molecule has 2 atom stereocenters. The molecule has 0 aromatic heterocycles. The third-order valence-electron chi connectivity index (χ3n) is 1.90. The van der Waals surface area contributed by atoms with Gasteiger partial charge in [-0.15, -0.1) is 0 Å². The van der Waals surface area contributed by atoms with E-state index in [0.717, 1.165) is 19.3 Å². The van der Waals surface area contributed by atoms with E-state index in [1.165, 1.54) is 0 Å². The maximum atomic E-state index is 8.47. The zero-order valence-corrected chi connectivity index (χ0v) is 5.63. The zero-order chi connectivity index (χ0) is 6.69. The summed E-state index contributed by atoms with van der Waals surface area (Å²) in [4.78, 5) is 0. The molecular formula is C7H11NO. The largest absolute Gasteiger partial charge is 0.381 e. The van der Waals surface area contributed by atoms with Crippen molar-refractivity contribution in [1.29, 1.82) is 5.26 Å². The molecular weight excluding hydrogens is 114 g/mol. The standard InChI is InChI=1S/C7H11NO/c1-9-7-3-2-6(4-7)5-8/h6-7H,2-4H2,1H3/t6-,7-/m0/s1. The van der Waals surface area contributed by atoms with Crippen molar-refractivity contribution in [2.24, 2.45) is 5.92 Å². The normalized spacial score (nSPS) is 34.2. The first-order chi connectivity index (χ1) is 4.36. The van der Waals surface area contributed by atoms with Crippen molar-refractivity contribution in [2.45, 2.75) is 25.4 Å². The third kappa shape index (κ3) is 1.43. The quantitative estimate of drug-likeness (QED) is 0.529. The molecule has 0 bridgehead atoms. The average Bonchev–Trinajstić information content (AvgIpc) is 2.34. The minimum Gasteiger partial charge on any atom is -0.381 e. The maximum Gasteiger partial charge on any atom is 0.0656 e. The van der Waals surface area contributed by atoms with Gasteiger partial charge in [-0.1, -0.05) is 0 Å². The van der Waals surface area contributed by atoms with Crippen LogP contribution < -0.4 is 0 Å². The van der Waals surface area contributed by atoms with Crippen LogP contribution in [-0.2, 0) is 4.74 Å². The Bertz CT molecular complexity index is 127. The highest BCUT2D eigenvalue weighted by Gasteiger charge is 2.23. The van der Waals surface area contributed by atoms with Gasteiger partial charge in [0, 0.05) is 13.0 Å². The zero-order valence-electron chi connectivity index (χ0n) is 5.63. The van der Waals surface area contributed by atoms with Crippen LogP contribution in [0.4, 0.5) is 0 Å². The van der Waals surface area contributed by atoms with Crippen LogP contribution in [0.3, 0.4) is 0 Å². The molecule has 0 heterocycles. The van der Waals surface area contributed by atoms with Gasteiger partial charge in [-0.3, -0.25) is 0 Å². The molecule has 1 saturated carbocycles. The highest BCUT2D eigenvalue weighted by atomic mass is 16.5. The van der Waals surface area contributed by atoms with Crippen molar-refractivity contribution in [2.75, 3.05) is 7.11 Å². The van der Waals surface area contributed by atoms with Crippen molar-refractivity contribution < 1.29 is 4.74 Å². The fourth-order valence-corrected chi connectivity index (χ4v) is 1.27. The first kappa shape index (κ1) is 6.57. The van der Waals surface area contributed by atoms with Crippen molar-refractivity contribution in [3.05, 3.63) is 0 Å². The second-order valence-corrected chi connectivity index (χ2v) is 2.50. The lowest BCUT2D eigenvalue weighted by atomic mass is 10.1. The Hall–Kier alpha value is -0.550. The molecule has 0 aromatic rings. The summed E-state index contributed by atoms with van der Waals surface area (Å²) in [5.74, 6) is 0.259. The number of nitrogens with zero attached hydrogens (tertiary/aromatic N) is 1. The summed E-state index contributed by atoms with van der Waals surface area (Å²) in [5, 5.41) is 8.47. The smallest absolute Gasteiger partial charge is 0.0656 e. The first-order valence-electron chi connectivity index (χ1n) is 3.29. The topological polar surface area (TPSA) is 33.0 Å². The molecule has 2 heteroatoms. The Labute approximate surface area is 55.4 Å². The van der Waals surface area contributed by atoms with Gasteiger partial charge in [0.2, 0.25) is 0 Å². The Morgan fingerprint density at radius 2 is 2.33 bits per heavy atom. The summed E-state index contributed by atoms with van der Waals surface area (Å²) < 4.78 is 5.09. The molecule has 1 rings (SSSR count). The van der Waals surface area contributed by atoms with Crippen LogP contribution in [0.5, 0.6) is 0 Å². The fourth-order valence-electron chi connectivity index (χ4n) is 1.27. The van der Waals surface area contributed by atoms with Gasteiger partial charge in [0.05, 0.1) is 12.2 Å². The molecule has 0 saturated heterocycles. The van der Waals surface area contributed by atoms with Crippen LogP contribution >= 0.6 is 0 Å². The Balaban J connectivity index is 2.31. The van der Waals surface area contributed by atoms with E-state index in [4.69, 9.17) is 10.00 Å². The summed E-state index contributed by atoms with van der Waals surface area (Å²) >= 11 is 0. The van der Waals surface area contributed by atoms with E-state index in [1.54, 1.807) is 7.11 Å². The van der Waals surface area contributed by atoms with Gasteiger partial charge in [-0.25, -0.2) is 0 Å². The Morgan fingerprint density at radius 1 is 1.56 bits per heavy atom. The van der Waals surface area contributed by atoms with Crippen molar-refractivity contribution in [3.63, 3.8) is 0 Å². The maximum absolute atomic E-state index is 8.47. The number of hydrogen-bond donors (Lipinski definition) is 0. The third-order valence-corrected chi connectivity index (χ3v) is 1.90. The molecule has 50 valence electrons. The Kier molecular flexibility index (Phi) is 2.07. The molecule has 0 unspecified atom stereocenters. The lowest BCUT2D eigenvalue weighted by Crippen LogP contribution is -2.03. The van der Waals surface area contributed by atoms with E-state index in [2.05, 4.69) is 6.07 Å². The minimum absolute atomic E-state index is 0.259. The molecule has 0 spiro atoms. The SMILES string of the molecule is CO[C@H]1CC[C@H](C#N)C1. The van der Waals surface area contributed by atoms with Gasteiger partial charge < -0.3 is 4.74 Å². The second-order valence-electron chi connectivity index (χ2n) is 2.50. The van der Waals surface area contributed by atoms with Gasteiger partial charge in [0.15, 0.2) is 0 Å². The average molecular weight is 125 g/mol. The van der Waals surface area contributed by atoms with Crippen LogP contribution in [-0.4, -0.2) is 13.2 Å². The second kappa shape index (κ2) is 2.84. The summed E-state index contributed by atoms with van der Waals surface area (Å²) in [6, 6.07) is 2.25. The van der Waals surface area contributed by atoms with Crippen molar-refractivity contribution in [1.82, 2.24) is 0 Å². The highest BCUT2D eigenvalue weighted by molar-refractivity contribution is 4.90. The molecule has 1 fully saturated rings. The number of ether oxygens (including phenoxy) is 1. The lowest BCUT2D eigenvalue weighted by Gasteiger charge is -2.03. The van der Waals surface area contributed by atoms with Crippen LogP contribution in [0.1, 0.15) is 19.3 Å². The van der Waals surface area contributed by atoms with Gasteiger partial charge in [-0.2, -0.15) is 5.26 Å². The fraction of sp³-hybridized carbons (Fsp3) is 0.857. The number of hydrogen-bond acceptors (Lipinski definition) is 2. The van der Waals surface area contributed by atoms with Crippen LogP contribution in [0.15, 0.2) is 0 Å². The van der Waals surface area contributed by atoms with E-state index < -0.39 is 0 Å². The molecule has 0 amide bonds. The van der Waals surface area contributed by atoms with E-state index in [9.17, 15) is 0 Å². The summed E-state index contributed by atoms with van der Waals surface area (Å²) in [6.07, 6.45) is 3.38. The molecule has 0 N–H and O–H groups in total. The molecule has 2 nitrogen and oxygen atoms in total. The van der Waals surface area contributed by atoms with Crippen LogP contribution in [0.2, 0.25) is 0 Å². The summed E-state index contributed by atoms with van der Waals surface area (Å²) in [7, 11) is 1.71. The number of rotatable bonds is 1. The van der Waals surface area contributed by atoms with Gasteiger partial charge >= 0.3 is 0 Å². The van der Waals surface area contributed by atoms with Crippen molar-refractivity contribution in [3.8, 4) is 6.07 Å². The van der Waals surface area contributed by atoms with E-state index in [-0.39, 0.29) is 5.92 Å². The number of methoxy groups -OCH3 is 1. The molecule has 0 aromatic carbocycles. The van der Waals surface area contributed by atoms with Gasteiger partial charge in [-0.05, 0) is 19.3 Å². The molecule has 1 aliphatic rings. The van der Waals surface area contributed by atoms with Crippen LogP contribution in [0.25, 0.3) is 0 Å².